The third-order valence-electron chi connectivity index (χ3n) is 8.10. The maximum absolute atomic E-state index is 13.3. The molecule has 5 rings (SSSR count). The van der Waals surface area contributed by atoms with Gasteiger partial charge in [0.2, 0.25) is 0 Å². The molecule has 4 heteroatoms. The molecule has 4 aromatic carbocycles. The van der Waals surface area contributed by atoms with E-state index in [0.717, 1.165) is 48.4 Å². The lowest BCUT2D eigenvalue weighted by molar-refractivity contribution is 0.0557. The van der Waals surface area contributed by atoms with Gasteiger partial charge in [-0.05, 0) is 25.0 Å². The second-order valence-corrected chi connectivity index (χ2v) is 10.9. The third kappa shape index (κ3) is 6.82. The van der Waals surface area contributed by atoms with Gasteiger partial charge >= 0.3 is 0 Å². The molecule has 0 amide bonds. The van der Waals surface area contributed by atoms with Gasteiger partial charge in [-0.3, -0.25) is 19.4 Å². The van der Waals surface area contributed by atoms with Crippen LogP contribution in [0.25, 0.3) is 0 Å². The number of carbonyl (C=O) groups excluding carboxylic acids is 2. The summed E-state index contributed by atoms with van der Waals surface area (Å²) in [6.07, 6.45) is 0.891. The Morgan fingerprint density at radius 2 is 0.850 bits per heavy atom. The van der Waals surface area contributed by atoms with Crippen molar-refractivity contribution in [3.05, 3.63) is 143 Å². The zero-order valence-corrected chi connectivity index (χ0v) is 23.5. The van der Waals surface area contributed by atoms with E-state index in [9.17, 15) is 9.59 Å². The number of carbonyl (C=O) groups is 2. The average molecular weight is 531 g/mol. The lowest BCUT2D eigenvalue weighted by atomic mass is 9.94. The van der Waals surface area contributed by atoms with Crippen molar-refractivity contribution >= 4 is 11.6 Å². The van der Waals surface area contributed by atoms with E-state index in [2.05, 4.69) is 58.3 Å². The molecule has 1 saturated heterocycles. The fraction of sp³-hybridized carbons (Fsp3) is 0.278. The van der Waals surface area contributed by atoms with E-state index >= 15 is 0 Å². The minimum absolute atomic E-state index is 0.0153. The fourth-order valence-corrected chi connectivity index (χ4v) is 5.69. The van der Waals surface area contributed by atoms with E-state index in [-0.39, 0.29) is 23.7 Å². The van der Waals surface area contributed by atoms with Crippen LogP contribution < -0.4 is 0 Å². The number of benzene rings is 4. The van der Waals surface area contributed by atoms with Gasteiger partial charge in [0.1, 0.15) is 0 Å². The van der Waals surface area contributed by atoms with Gasteiger partial charge in [0.05, 0.1) is 0 Å². The molecule has 0 bridgehead atoms. The molecule has 1 aliphatic rings. The average Bonchev–Trinajstić information content (AvgIpc) is 3.00. The van der Waals surface area contributed by atoms with E-state index in [1.165, 1.54) is 11.1 Å². The first-order valence-electron chi connectivity index (χ1n) is 14.3. The van der Waals surface area contributed by atoms with Crippen molar-refractivity contribution in [1.82, 2.24) is 9.80 Å². The summed E-state index contributed by atoms with van der Waals surface area (Å²) in [5.74, 6) is 0.337. The van der Waals surface area contributed by atoms with E-state index in [0.29, 0.717) is 12.8 Å². The van der Waals surface area contributed by atoms with Gasteiger partial charge in [-0.15, -0.1) is 0 Å². The Kier molecular flexibility index (Phi) is 9.00. The van der Waals surface area contributed by atoms with Gasteiger partial charge in [-0.25, -0.2) is 0 Å². The van der Waals surface area contributed by atoms with Crippen LogP contribution in [0.1, 0.15) is 67.9 Å². The Balaban J connectivity index is 1.32. The molecule has 204 valence electrons. The van der Waals surface area contributed by atoms with E-state index in [1.54, 1.807) is 0 Å². The Labute approximate surface area is 238 Å². The summed E-state index contributed by atoms with van der Waals surface area (Å²) in [4.78, 5) is 31.6. The van der Waals surface area contributed by atoms with Crippen LogP contribution in [-0.2, 0) is 0 Å². The van der Waals surface area contributed by atoms with E-state index in [4.69, 9.17) is 0 Å². The van der Waals surface area contributed by atoms with Crippen molar-refractivity contribution in [2.24, 2.45) is 0 Å². The van der Waals surface area contributed by atoms with Crippen LogP contribution in [-0.4, -0.2) is 47.5 Å². The summed E-state index contributed by atoms with van der Waals surface area (Å²) in [6.45, 7) is 7.42. The first-order chi connectivity index (χ1) is 19.5. The molecule has 0 aliphatic carbocycles. The van der Waals surface area contributed by atoms with Crippen LogP contribution in [0.4, 0.5) is 0 Å². The standard InChI is InChI=1S/C36H38N2O2/c1-27-13-17-31(18-14-27)35(39)25-33(29-9-5-3-6-10-29)37-21-23-38(24-22-37)34(30-11-7-4-8-12-30)26-36(40)32-19-15-28(2)16-20-32/h3-20,33-34H,21-26H2,1-2H3/t33-,34-/m0/s1. The molecular weight excluding hydrogens is 492 g/mol. The lowest BCUT2D eigenvalue weighted by Gasteiger charge is -2.42. The highest BCUT2D eigenvalue weighted by molar-refractivity contribution is 5.97. The maximum Gasteiger partial charge on any atom is 0.164 e. The smallest absolute Gasteiger partial charge is 0.164 e. The van der Waals surface area contributed by atoms with Crippen LogP contribution in [0.5, 0.6) is 0 Å². The largest absolute Gasteiger partial charge is 0.294 e. The molecule has 0 N–H and O–H groups in total. The van der Waals surface area contributed by atoms with Gasteiger partial charge in [0.15, 0.2) is 11.6 Å². The molecule has 0 unspecified atom stereocenters. The SMILES string of the molecule is Cc1ccc(C(=O)C[C@@H](c2ccccc2)N2CCN([C@@H](CC(=O)c3ccc(C)cc3)c3ccccc3)CC2)cc1. The van der Waals surface area contributed by atoms with Crippen molar-refractivity contribution in [3.8, 4) is 0 Å². The van der Waals surface area contributed by atoms with Gasteiger partial charge in [0, 0.05) is 62.2 Å². The number of aryl methyl sites for hydroxylation is 2. The fourth-order valence-electron chi connectivity index (χ4n) is 5.69. The summed E-state index contributed by atoms with van der Waals surface area (Å²) >= 11 is 0. The predicted octanol–water partition coefficient (Wildman–Crippen LogP) is 7.25. The van der Waals surface area contributed by atoms with Crippen molar-refractivity contribution in [3.63, 3.8) is 0 Å². The normalized spacial score (nSPS) is 15.8. The summed E-state index contributed by atoms with van der Waals surface area (Å²) in [5.41, 5.74) is 6.19. The minimum atomic E-state index is 0.0153. The highest BCUT2D eigenvalue weighted by atomic mass is 16.1. The summed E-state index contributed by atoms with van der Waals surface area (Å²) in [7, 11) is 0. The monoisotopic (exact) mass is 530 g/mol. The van der Waals surface area contributed by atoms with Crippen molar-refractivity contribution in [1.29, 1.82) is 0 Å². The molecule has 1 heterocycles. The van der Waals surface area contributed by atoms with E-state index in [1.807, 2.05) is 74.5 Å². The quantitative estimate of drug-likeness (QED) is 0.203. The number of nitrogens with zero attached hydrogens (tertiary/aromatic N) is 2. The zero-order chi connectivity index (χ0) is 27.9. The van der Waals surface area contributed by atoms with Crippen LogP contribution in [0.15, 0.2) is 109 Å². The van der Waals surface area contributed by atoms with E-state index < -0.39 is 0 Å². The molecule has 0 saturated carbocycles. The topological polar surface area (TPSA) is 40.6 Å². The molecule has 1 fully saturated rings. The minimum Gasteiger partial charge on any atom is -0.294 e. The third-order valence-corrected chi connectivity index (χ3v) is 8.10. The lowest BCUT2D eigenvalue weighted by Crippen LogP contribution is -2.49. The van der Waals surface area contributed by atoms with Crippen LogP contribution in [0.3, 0.4) is 0 Å². The van der Waals surface area contributed by atoms with Crippen LogP contribution in [0, 0.1) is 13.8 Å². The summed E-state index contributed by atoms with van der Waals surface area (Å²) in [6, 6.07) is 36.6. The number of ketones is 2. The van der Waals surface area contributed by atoms with Gasteiger partial charge < -0.3 is 0 Å². The zero-order valence-electron chi connectivity index (χ0n) is 23.5. The first-order valence-corrected chi connectivity index (χ1v) is 14.3. The second kappa shape index (κ2) is 13.0. The number of hydrogen-bond acceptors (Lipinski definition) is 4. The highest BCUT2D eigenvalue weighted by Crippen LogP contribution is 2.31. The number of hydrogen-bond donors (Lipinski definition) is 0. The molecule has 0 spiro atoms. The molecular formula is C36H38N2O2. The van der Waals surface area contributed by atoms with Gasteiger partial charge in [0.25, 0.3) is 0 Å². The predicted molar refractivity (Wildman–Crippen MR) is 162 cm³/mol. The number of Topliss-reactive ketones (excluding diaryl/α,β-unsaturated/α-hetero) is 2. The van der Waals surface area contributed by atoms with Crippen LogP contribution in [0.2, 0.25) is 0 Å². The summed E-state index contributed by atoms with van der Waals surface area (Å²) < 4.78 is 0. The highest BCUT2D eigenvalue weighted by Gasteiger charge is 2.31. The Morgan fingerprint density at radius 1 is 0.525 bits per heavy atom. The molecule has 40 heavy (non-hydrogen) atoms. The first kappa shape index (κ1) is 27.7. The Hall–Kier alpha value is -3.86. The van der Waals surface area contributed by atoms with Crippen molar-refractivity contribution in [2.75, 3.05) is 26.2 Å². The number of piperazine rings is 1. The van der Waals surface area contributed by atoms with Gasteiger partial charge in [-0.1, -0.05) is 120 Å². The van der Waals surface area contributed by atoms with Crippen LogP contribution >= 0.6 is 0 Å². The second-order valence-electron chi connectivity index (χ2n) is 10.9. The molecule has 4 aromatic rings. The Bertz CT molecular complexity index is 1280. The molecule has 0 radical (unpaired) electrons. The van der Waals surface area contributed by atoms with Crippen molar-refractivity contribution < 1.29 is 9.59 Å². The summed E-state index contributed by atoms with van der Waals surface area (Å²) in [5, 5.41) is 0. The van der Waals surface area contributed by atoms with Gasteiger partial charge in [-0.2, -0.15) is 0 Å². The maximum atomic E-state index is 13.3. The molecule has 0 aromatic heterocycles. The molecule has 2 atom stereocenters. The Morgan fingerprint density at radius 3 is 1.18 bits per heavy atom. The van der Waals surface area contributed by atoms with Crippen molar-refractivity contribution in [2.45, 2.75) is 38.8 Å². The molecule has 4 nitrogen and oxygen atoms in total. The number of rotatable bonds is 10. The molecule has 1 aliphatic heterocycles.